The Balaban J connectivity index is 2.09. The van der Waals surface area contributed by atoms with Crippen molar-refractivity contribution in [3.05, 3.63) is 46.4 Å². The summed E-state index contributed by atoms with van der Waals surface area (Å²) < 4.78 is 26.3. The minimum absolute atomic E-state index is 0.230. The Morgan fingerprint density at radius 3 is 2.68 bits per heavy atom. The Labute approximate surface area is 129 Å². The number of carbonyl (C=O) groups excluding carboxylic acids is 1. The second-order valence-electron chi connectivity index (χ2n) is 4.59. The van der Waals surface area contributed by atoms with Crippen molar-refractivity contribution < 1.29 is 23.5 Å². The molecule has 2 aromatic rings. The van der Waals surface area contributed by atoms with Crippen molar-refractivity contribution in [2.75, 3.05) is 0 Å². The van der Waals surface area contributed by atoms with Gasteiger partial charge < -0.3 is 15.0 Å². The molecule has 1 amide bonds. The number of thiophene rings is 1. The molecule has 5 nitrogen and oxygen atoms in total. The molecule has 0 aliphatic heterocycles. The molecule has 0 aliphatic rings. The minimum Gasteiger partial charge on any atom is -0.480 e. The number of hydrogen-bond donors (Lipinski definition) is 2. The summed E-state index contributed by atoms with van der Waals surface area (Å²) in [6, 6.07) is 5.34. The van der Waals surface area contributed by atoms with Crippen LogP contribution in [0.5, 0.6) is 0 Å². The SMILES string of the molecule is O=C(NC(CC(F)F)C(=O)O)c1cccn1Cc1cccs1. The Morgan fingerprint density at radius 1 is 1.32 bits per heavy atom. The third kappa shape index (κ3) is 4.14. The number of aliphatic carboxylic acids is 1. The highest BCUT2D eigenvalue weighted by Crippen LogP contribution is 2.13. The summed E-state index contributed by atoms with van der Waals surface area (Å²) in [5.41, 5.74) is 0.230. The number of aromatic nitrogens is 1. The number of carboxylic acids is 1. The molecule has 0 aliphatic carbocycles. The third-order valence-corrected chi connectivity index (χ3v) is 3.85. The van der Waals surface area contributed by atoms with E-state index in [0.29, 0.717) is 6.54 Å². The number of carbonyl (C=O) groups is 2. The van der Waals surface area contributed by atoms with E-state index in [-0.39, 0.29) is 5.69 Å². The monoisotopic (exact) mass is 328 g/mol. The predicted molar refractivity (Wildman–Crippen MR) is 77.4 cm³/mol. The van der Waals surface area contributed by atoms with E-state index < -0.39 is 30.8 Å². The first-order valence-electron chi connectivity index (χ1n) is 6.46. The van der Waals surface area contributed by atoms with Crippen LogP contribution in [0.4, 0.5) is 8.78 Å². The average Bonchev–Trinajstić information content (AvgIpc) is 3.09. The Bertz CT molecular complexity index is 640. The number of nitrogens with zero attached hydrogens (tertiary/aromatic N) is 1. The lowest BCUT2D eigenvalue weighted by Gasteiger charge is -2.15. The molecular formula is C14H14F2N2O3S. The third-order valence-electron chi connectivity index (χ3n) is 2.99. The zero-order valence-corrected chi connectivity index (χ0v) is 12.2. The lowest BCUT2D eigenvalue weighted by Crippen LogP contribution is -2.42. The minimum atomic E-state index is -2.81. The summed E-state index contributed by atoms with van der Waals surface area (Å²) in [6.07, 6.45) is -2.05. The highest BCUT2D eigenvalue weighted by Gasteiger charge is 2.25. The molecule has 1 unspecified atom stereocenters. The maximum absolute atomic E-state index is 12.4. The van der Waals surface area contributed by atoms with Crippen molar-refractivity contribution in [2.45, 2.75) is 25.4 Å². The van der Waals surface area contributed by atoms with E-state index in [1.807, 2.05) is 17.5 Å². The molecule has 0 spiro atoms. The fourth-order valence-electron chi connectivity index (χ4n) is 1.96. The van der Waals surface area contributed by atoms with Gasteiger partial charge in [0.05, 0.1) is 6.54 Å². The largest absolute Gasteiger partial charge is 0.480 e. The van der Waals surface area contributed by atoms with Crippen LogP contribution in [0, 0.1) is 0 Å². The molecule has 0 radical (unpaired) electrons. The van der Waals surface area contributed by atoms with Crippen molar-refractivity contribution in [3.8, 4) is 0 Å². The van der Waals surface area contributed by atoms with Crippen LogP contribution in [0.25, 0.3) is 0 Å². The smallest absolute Gasteiger partial charge is 0.326 e. The van der Waals surface area contributed by atoms with Crippen LogP contribution >= 0.6 is 11.3 Å². The van der Waals surface area contributed by atoms with Gasteiger partial charge in [-0.1, -0.05) is 6.07 Å². The second-order valence-corrected chi connectivity index (χ2v) is 5.62. The zero-order valence-electron chi connectivity index (χ0n) is 11.4. The topological polar surface area (TPSA) is 71.3 Å². The summed E-state index contributed by atoms with van der Waals surface area (Å²) in [5.74, 6) is -2.17. The summed E-state index contributed by atoms with van der Waals surface area (Å²) in [6.45, 7) is 0.458. The van der Waals surface area contributed by atoms with Crippen molar-refractivity contribution in [1.29, 1.82) is 0 Å². The Morgan fingerprint density at radius 2 is 2.09 bits per heavy atom. The molecule has 2 aromatic heterocycles. The van der Waals surface area contributed by atoms with Crippen LogP contribution in [0.2, 0.25) is 0 Å². The molecule has 118 valence electrons. The van der Waals surface area contributed by atoms with Crippen molar-refractivity contribution >= 4 is 23.2 Å². The van der Waals surface area contributed by atoms with Crippen LogP contribution in [-0.2, 0) is 11.3 Å². The highest BCUT2D eigenvalue weighted by atomic mass is 32.1. The molecule has 22 heavy (non-hydrogen) atoms. The van der Waals surface area contributed by atoms with E-state index in [1.165, 1.54) is 17.4 Å². The summed E-state index contributed by atoms with van der Waals surface area (Å²) in [7, 11) is 0. The van der Waals surface area contributed by atoms with Gasteiger partial charge in [-0.25, -0.2) is 13.6 Å². The van der Waals surface area contributed by atoms with Crippen molar-refractivity contribution in [1.82, 2.24) is 9.88 Å². The maximum Gasteiger partial charge on any atom is 0.326 e. The summed E-state index contributed by atoms with van der Waals surface area (Å²) >= 11 is 1.52. The molecule has 0 aromatic carbocycles. The molecule has 8 heteroatoms. The number of halogens is 2. The number of carboxylic acid groups (broad SMARTS) is 1. The number of hydrogen-bond acceptors (Lipinski definition) is 3. The molecule has 2 N–H and O–H groups in total. The first kappa shape index (κ1) is 16.2. The van der Waals surface area contributed by atoms with E-state index in [4.69, 9.17) is 5.11 Å². The lowest BCUT2D eigenvalue weighted by atomic mass is 10.2. The Kier molecular flexibility index (Phi) is 5.26. The van der Waals surface area contributed by atoms with Gasteiger partial charge in [-0.05, 0) is 23.6 Å². The first-order chi connectivity index (χ1) is 10.5. The van der Waals surface area contributed by atoms with E-state index in [0.717, 1.165) is 4.88 Å². The highest BCUT2D eigenvalue weighted by molar-refractivity contribution is 7.09. The van der Waals surface area contributed by atoms with Gasteiger partial charge in [-0.3, -0.25) is 4.79 Å². The first-order valence-corrected chi connectivity index (χ1v) is 7.34. The number of amides is 1. The normalized spacial score (nSPS) is 12.3. The van der Waals surface area contributed by atoms with Gasteiger partial charge in [0.25, 0.3) is 5.91 Å². The van der Waals surface area contributed by atoms with E-state index in [2.05, 4.69) is 5.32 Å². The van der Waals surface area contributed by atoms with Crippen molar-refractivity contribution in [3.63, 3.8) is 0 Å². The van der Waals surface area contributed by atoms with Gasteiger partial charge in [0.1, 0.15) is 11.7 Å². The van der Waals surface area contributed by atoms with Crippen LogP contribution in [0.3, 0.4) is 0 Å². The molecule has 2 heterocycles. The van der Waals surface area contributed by atoms with Gasteiger partial charge in [-0.2, -0.15) is 0 Å². The lowest BCUT2D eigenvalue weighted by molar-refractivity contribution is -0.140. The fraction of sp³-hybridized carbons (Fsp3) is 0.286. The average molecular weight is 328 g/mol. The van der Waals surface area contributed by atoms with Gasteiger partial charge in [0, 0.05) is 17.5 Å². The van der Waals surface area contributed by atoms with E-state index in [1.54, 1.807) is 16.8 Å². The molecular weight excluding hydrogens is 314 g/mol. The number of rotatable bonds is 7. The van der Waals surface area contributed by atoms with Gasteiger partial charge in [0.15, 0.2) is 0 Å². The van der Waals surface area contributed by atoms with Crippen LogP contribution in [0.1, 0.15) is 21.8 Å². The van der Waals surface area contributed by atoms with Crippen LogP contribution in [-0.4, -0.2) is 34.0 Å². The molecule has 2 rings (SSSR count). The second kappa shape index (κ2) is 7.17. The quantitative estimate of drug-likeness (QED) is 0.820. The molecule has 0 fully saturated rings. The molecule has 1 atom stereocenters. The summed E-state index contributed by atoms with van der Waals surface area (Å²) in [4.78, 5) is 24.1. The molecule has 0 saturated heterocycles. The number of alkyl halides is 2. The fourth-order valence-corrected chi connectivity index (χ4v) is 2.66. The summed E-state index contributed by atoms with van der Waals surface area (Å²) in [5, 5.41) is 12.9. The van der Waals surface area contributed by atoms with Gasteiger partial charge >= 0.3 is 5.97 Å². The van der Waals surface area contributed by atoms with Gasteiger partial charge in [-0.15, -0.1) is 11.3 Å². The van der Waals surface area contributed by atoms with Crippen molar-refractivity contribution in [2.24, 2.45) is 0 Å². The van der Waals surface area contributed by atoms with Gasteiger partial charge in [0.2, 0.25) is 6.43 Å². The molecule has 0 bridgehead atoms. The number of nitrogens with one attached hydrogen (secondary N) is 1. The zero-order chi connectivity index (χ0) is 16.1. The van der Waals surface area contributed by atoms with Crippen LogP contribution in [0.15, 0.2) is 35.8 Å². The maximum atomic E-state index is 12.4. The molecule has 0 saturated carbocycles. The standard InChI is InChI=1S/C14H14F2N2O3S/c15-12(16)7-10(14(20)21)17-13(19)11-4-1-5-18(11)8-9-3-2-6-22-9/h1-6,10,12H,7-8H2,(H,17,19)(H,20,21). The Hall–Kier alpha value is -2.22. The predicted octanol–water partition coefficient (Wildman–Crippen LogP) is 2.44. The van der Waals surface area contributed by atoms with E-state index >= 15 is 0 Å². The van der Waals surface area contributed by atoms with Crippen LogP contribution < -0.4 is 5.32 Å². The van der Waals surface area contributed by atoms with E-state index in [9.17, 15) is 18.4 Å².